The lowest BCUT2D eigenvalue weighted by atomic mass is 10.1. The highest BCUT2D eigenvalue weighted by Crippen LogP contribution is 2.25. The Bertz CT molecular complexity index is 744. The molecule has 1 unspecified atom stereocenters. The summed E-state index contributed by atoms with van der Waals surface area (Å²) in [4.78, 5) is 0. The quantitative estimate of drug-likeness (QED) is 0.914. The predicted molar refractivity (Wildman–Crippen MR) is 91.5 cm³/mol. The maximum atomic E-state index is 11.7. The summed E-state index contributed by atoms with van der Waals surface area (Å²) in [5, 5.41) is 3.36. The van der Waals surface area contributed by atoms with Gasteiger partial charge < -0.3 is 10.1 Å². The van der Waals surface area contributed by atoms with Gasteiger partial charge in [-0.25, -0.2) is 8.42 Å². The highest BCUT2D eigenvalue weighted by molar-refractivity contribution is 7.91. The second-order valence-corrected chi connectivity index (χ2v) is 8.09. The summed E-state index contributed by atoms with van der Waals surface area (Å²) in [7, 11) is -2.89. The highest BCUT2D eigenvalue weighted by Gasteiger charge is 2.24. The first-order valence-electron chi connectivity index (χ1n) is 7.87. The van der Waals surface area contributed by atoms with Crippen molar-refractivity contribution in [3.63, 3.8) is 0 Å². The number of benzene rings is 2. The van der Waals surface area contributed by atoms with Crippen molar-refractivity contribution in [2.24, 2.45) is 0 Å². The second-order valence-electron chi connectivity index (χ2n) is 5.86. The maximum Gasteiger partial charge on any atom is 0.151 e. The summed E-state index contributed by atoms with van der Waals surface area (Å²) in [5.41, 5.74) is 1.03. The highest BCUT2D eigenvalue weighted by atomic mass is 32.2. The molecule has 2 aromatic rings. The molecule has 1 N–H and O–H groups in total. The van der Waals surface area contributed by atoms with Crippen LogP contribution >= 0.6 is 0 Å². The van der Waals surface area contributed by atoms with Crippen molar-refractivity contribution in [2.75, 3.05) is 11.5 Å². The summed E-state index contributed by atoms with van der Waals surface area (Å²) >= 11 is 0. The lowest BCUT2D eigenvalue weighted by Gasteiger charge is -2.23. The first-order chi connectivity index (χ1) is 11.1. The van der Waals surface area contributed by atoms with Crippen LogP contribution in [0.2, 0.25) is 0 Å². The third-order valence-electron chi connectivity index (χ3n) is 3.99. The van der Waals surface area contributed by atoms with Crippen LogP contribution < -0.4 is 10.1 Å². The molecule has 0 saturated carbocycles. The van der Waals surface area contributed by atoms with Gasteiger partial charge in [0.05, 0.1) is 11.5 Å². The standard InChI is InChI=1S/C18H21NO3S/c20-23(21)12-6-8-16(14-23)19-13-15-7-4-5-11-18(15)22-17-9-2-1-3-10-17/h1-5,7,9-11,16,19H,6,8,12-14H2. The van der Waals surface area contributed by atoms with Crippen molar-refractivity contribution >= 4 is 9.84 Å². The Morgan fingerprint density at radius 1 is 1.04 bits per heavy atom. The molecule has 1 fully saturated rings. The van der Waals surface area contributed by atoms with Gasteiger partial charge >= 0.3 is 0 Å². The van der Waals surface area contributed by atoms with Gasteiger partial charge in [-0.3, -0.25) is 0 Å². The van der Waals surface area contributed by atoms with Crippen LogP contribution in [0.25, 0.3) is 0 Å². The van der Waals surface area contributed by atoms with Crippen LogP contribution in [-0.2, 0) is 16.4 Å². The van der Waals surface area contributed by atoms with Crippen LogP contribution in [0.4, 0.5) is 0 Å². The van der Waals surface area contributed by atoms with Crippen LogP contribution in [-0.4, -0.2) is 26.0 Å². The van der Waals surface area contributed by atoms with Gasteiger partial charge in [0.25, 0.3) is 0 Å². The Kier molecular flexibility index (Phi) is 4.98. The predicted octanol–water partition coefficient (Wildman–Crippen LogP) is 3.15. The smallest absolute Gasteiger partial charge is 0.151 e. The fraction of sp³-hybridized carbons (Fsp3) is 0.333. The Morgan fingerprint density at radius 3 is 2.57 bits per heavy atom. The molecule has 2 aromatic carbocycles. The molecule has 1 heterocycles. The molecule has 0 aromatic heterocycles. The zero-order valence-corrected chi connectivity index (χ0v) is 13.8. The van der Waals surface area contributed by atoms with Gasteiger partial charge in [0.2, 0.25) is 0 Å². The average Bonchev–Trinajstić information content (AvgIpc) is 2.54. The molecule has 122 valence electrons. The third kappa shape index (κ3) is 4.56. The summed E-state index contributed by atoms with van der Waals surface area (Å²) in [5.74, 6) is 2.14. The third-order valence-corrected chi connectivity index (χ3v) is 5.81. The van der Waals surface area contributed by atoms with Crippen molar-refractivity contribution in [1.29, 1.82) is 0 Å². The normalized spacial score (nSPS) is 20.1. The molecule has 0 radical (unpaired) electrons. The summed E-state index contributed by atoms with van der Waals surface area (Å²) < 4.78 is 29.4. The van der Waals surface area contributed by atoms with Crippen molar-refractivity contribution in [1.82, 2.24) is 5.32 Å². The molecule has 23 heavy (non-hydrogen) atoms. The van der Waals surface area contributed by atoms with E-state index in [9.17, 15) is 8.42 Å². The molecule has 0 bridgehead atoms. The molecule has 1 aliphatic heterocycles. The maximum absolute atomic E-state index is 11.7. The van der Waals surface area contributed by atoms with Crippen LogP contribution in [0, 0.1) is 0 Å². The molecule has 4 nitrogen and oxygen atoms in total. The number of nitrogens with one attached hydrogen (secondary N) is 1. The van der Waals surface area contributed by atoms with Gasteiger partial charge in [0.1, 0.15) is 11.5 Å². The van der Waals surface area contributed by atoms with Crippen molar-refractivity contribution in [3.05, 3.63) is 60.2 Å². The zero-order chi connectivity index (χ0) is 16.1. The van der Waals surface area contributed by atoms with E-state index in [0.717, 1.165) is 29.9 Å². The molecule has 1 saturated heterocycles. The van der Waals surface area contributed by atoms with Gasteiger partial charge in [0, 0.05) is 18.2 Å². The molecule has 1 aliphatic rings. The lowest BCUT2D eigenvalue weighted by Crippen LogP contribution is -2.39. The Morgan fingerprint density at radius 2 is 1.78 bits per heavy atom. The molecule has 5 heteroatoms. The molecule has 1 atom stereocenters. The first-order valence-corrected chi connectivity index (χ1v) is 9.69. The summed E-state index contributed by atoms with van der Waals surface area (Å²) in [6.45, 7) is 0.600. The van der Waals surface area contributed by atoms with Crippen molar-refractivity contribution in [3.8, 4) is 11.5 Å². The molecular weight excluding hydrogens is 310 g/mol. The van der Waals surface area contributed by atoms with E-state index in [4.69, 9.17) is 4.74 Å². The van der Waals surface area contributed by atoms with E-state index < -0.39 is 9.84 Å². The van der Waals surface area contributed by atoms with Crippen LogP contribution in [0.1, 0.15) is 18.4 Å². The van der Waals surface area contributed by atoms with E-state index in [-0.39, 0.29) is 11.8 Å². The molecule has 0 aliphatic carbocycles. The van der Waals surface area contributed by atoms with Crippen LogP contribution in [0.5, 0.6) is 11.5 Å². The van der Waals surface area contributed by atoms with Gasteiger partial charge in [-0.15, -0.1) is 0 Å². The monoisotopic (exact) mass is 331 g/mol. The summed E-state index contributed by atoms with van der Waals surface area (Å²) in [6, 6.07) is 17.5. The van der Waals surface area contributed by atoms with E-state index >= 15 is 0 Å². The van der Waals surface area contributed by atoms with Gasteiger partial charge in [-0.05, 0) is 31.0 Å². The van der Waals surface area contributed by atoms with Gasteiger partial charge in [0.15, 0.2) is 9.84 Å². The first kappa shape index (κ1) is 16.0. The largest absolute Gasteiger partial charge is 0.457 e. The van der Waals surface area contributed by atoms with Crippen molar-refractivity contribution < 1.29 is 13.2 Å². The van der Waals surface area contributed by atoms with Crippen LogP contribution in [0.3, 0.4) is 0 Å². The number of hydrogen-bond acceptors (Lipinski definition) is 4. The van der Waals surface area contributed by atoms with E-state index in [2.05, 4.69) is 5.32 Å². The second kappa shape index (κ2) is 7.15. The minimum absolute atomic E-state index is 0.0264. The molecule has 0 spiro atoms. The Balaban J connectivity index is 1.66. The van der Waals surface area contributed by atoms with E-state index in [0.29, 0.717) is 12.3 Å². The molecule has 3 rings (SSSR count). The average molecular weight is 331 g/mol. The SMILES string of the molecule is O=S1(=O)CCCC(NCc2ccccc2Oc2ccccc2)C1. The zero-order valence-electron chi connectivity index (χ0n) is 12.9. The minimum atomic E-state index is -2.89. The van der Waals surface area contributed by atoms with E-state index in [1.807, 2.05) is 54.6 Å². The number of ether oxygens (including phenoxy) is 1. The number of para-hydroxylation sites is 2. The Labute approximate surface area is 137 Å². The fourth-order valence-corrected chi connectivity index (χ4v) is 4.47. The van der Waals surface area contributed by atoms with Crippen molar-refractivity contribution in [2.45, 2.75) is 25.4 Å². The molecule has 0 amide bonds. The number of sulfone groups is 1. The number of rotatable bonds is 5. The van der Waals surface area contributed by atoms with E-state index in [1.54, 1.807) is 0 Å². The topological polar surface area (TPSA) is 55.4 Å². The van der Waals surface area contributed by atoms with Crippen LogP contribution in [0.15, 0.2) is 54.6 Å². The fourth-order valence-electron chi connectivity index (χ4n) is 2.80. The van der Waals surface area contributed by atoms with E-state index in [1.165, 1.54) is 0 Å². The minimum Gasteiger partial charge on any atom is -0.457 e. The summed E-state index contributed by atoms with van der Waals surface area (Å²) in [6.07, 6.45) is 1.64. The Hall–Kier alpha value is -1.85. The van der Waals surface area contributed by atoms with Gasteiger partial charge in [-0.2, -0.15) is 0 Å². The lowest BCUT2D eigenvalue weighted by molar-refractivity contribution is 0.455. The van der Waals surface area contributed by atoms with Gasteiger partial charge in [-0.1, -0.05) is 36.4 Å². The number of hydrogen-bond donors (Lipinski definition) is 1. The molecular formula is C18H21NO3S.